The van der Waals surface area contributed by atoms with E-state index in [1.807, 2.05) is 0 Å². The zero-order chi connectivity index (χ0) is 11.3. The molecule has 1 aliphatic rings. The fraction of sp³-hybridized carbons (Fsp3) is 0.778. The Morgan fingerprint density at radius 1 is 1.53 bits per heavy atom. The second-order valence-corrected chi connectivity index (χ2v) is 3.80. The summed E-state index contributed by atoms with van der Waals surface area (Å²) in [6, 6.07) is 0. The summed E-state index contributed by atoms with van der Waals surface area (Å²) in [7, 11) is 1.50. The minimum absolute atomic E-state index is 0.00239. The number of nitrogens with zero attached hydrogens (tertiary/aromatic N) is 1. The predicted molar refractivity (Wildman–Crippen MR) is 55.7 cm³/mol. The van der Waals surface area contributed by atoms with Gasteiger partial charge in [-0.2, -0.15) is 0 Å². The van der Waals surface area contributed by atoms with E-state index in [-0.39, 0.29) is 24.3 Å². The molecule has 1 N–H and O–H groups in total. The lowest BCUT2D eigenvalue weighted by molar-refractivity contribution is -0.141. The van der Waals surface area contributed by atoms with Crippen molar-refractivity contribution in [1.82, 2.24) is 10.2 Å². The van der Waals surface area contributed by atoms with Gasteiger partial charge in [-0.05, 0) is 0 Å². The van der Waals surface area contributed by atoms with Crippen molar-refractivity contribution in [3.05, 3.63) is 0 Å². The summed E-state index contributed by atoms with van der Waals surface area (Å²) >= 11 is 5.32. The van der Waals surface area contributed by atoms with Crippen LogP contribution in [0.4, 0.5) is 0 Å². The van der Waals surface area contributed by atoms with Gasteiger partial charge in [0.05, 0.1) is 0 Å². The molecule has 1 saturated heterocycles. The first-order valence-electron chi connectivity index (χ1n) is 4.76. The normalized spacial score (nSPS) is 16.0. The number of likely N-dealkylation sites (tertiary alicyclic amines) is 1. The van der Waals surface area contributed by atoms with E-state index >= 15 is 0 Å². The molecule has 86 valence electrons. The molecule has 0 saturated carbocycles. The third-order valence-electron chi connectivity index (χ3n) is 2.29. The third-order valence-corrected chi connectivity index (χ3v) is 2.53. The van der Waals surface area contributed by atoms with Gasteiger partial charge in [0.15, 0.2) is 0 Å². The summed E-state index contributed by atoms with van der Waals surface area (Å²) in [6.45, 7) is 2.08. The number of hydrogen-bond donors (Lipinski definition) is 1. The average Bonchev–Trinajstić information content (AvgIpc) is 2.15. The molecule has 0 aromatic heterocycles. The van der Waals surface area contributed by atoms with Crippen LogP contribution in [0.3, 0.4) is 0 Å². The molecule has 0 bridgehead atoms. The van der Waals surface area contributed by atoms with Gasteiger partial charge in [0, 0.05) is 32.7 Å². The Morgan fingerprint density at radius 3 is 2.73 bits per heavy atom. The van der Waals surface area contributed by atoms with Crippen molar-refractivity contribution >= 4 is 23.4 Å². The van der Waals surface area contributed by atoms with Crippen molar-refractivity contribution < 1.29 is 14.3 Å². The van der Waals surface area contributed by atoms with Gasteiger partial charge in [-0.3, -0.25) is 9.59 Å². The van der Waals surface area contributed by atoms with Crippen molar-refractivity contribution in [2.45, 2.75) is 0 Å². The highest BCUT2D eigenvalue weighted by Gasteiger charge is 2.30. The Balaban J connectivity index is 2.10. The van der Waals surface area contributed by atoms with Gasteiger partial charge in [-0.1, -0.05) is 0 Å². The van der Waals surface area contributed by atoms with Crippen LogP contribution >= 0.6 is 11.6 Å². The predicted octanol–water partition coefficient (Wildman–Crippen LogP) is -0.554. The first kappa shape index (κ1) is 12.3. The number of halogens is 1. The Bertz CT molecular complexity index is 242. The van der Waals surface area contributed by atoms with Gasteiger partial charge >= 0.3 is 0 Å². The SMILES string of the molecule is COCC(=O)N1CC(CNC(=O)CCl)C1. The zero-order valence-electron chi connectivity index (χ0n) is 8.66. The van der Waals surface area contributed by atoms with Crippen LogP contribution in [0, 0.1) is 5.92 Å². The lowest BCUT2D eigenvalue weighted by Crippen LogP contribution is -2.54. The van der Waals surface area contributed by atoms with Gasteiger partial charge in [-0.25, -0.2) is 0 Å². The monoisotopic (exact) mass is 234 g/mol. The van der Waals surface area contributed by atoms with E-state index in [2.05, 4.69) is 5.32 Å². The molecular weight excluding hydrogens is 220 g/mol. The minimum atomic E-state index is -0.168. The number of carbonyl (C=O) groups is 2. The summed E-state index contributed by atoms with van der Waals surface area (Å²) in [5, 5.41) is 2.69. The number of ether oxygens (including phenoxy) is 1. The fourth-order valence-corrected chi connectivity index (χ4v) is 1.52. The van der Waals surface area contributed by atoms with Crippen LogP contribution in [-0.2, 0) is 14.3 Å². The largest absolute Gasteiger partial charge is 0.375 e. The van der Waals surface area contributed by atoms with Crippen LogP contribution in [0.5, 0.6) is 0 Å². The molecule has 6 heteroatoms. The van der Waals surface area contributed by atoms with Crippen LogP contribution in [0.2, 0.25) is 0 Å². The van der Waals surface area contributed by atoms with E-state index in [9.17, 15) is 9.59 Å². The smallest absolute Gasteiger partial charge is 0.248 e. The highest BCUT2D eigenvalue weighted by Crippen LogP contribution is 2.14. The van der Waals surface area contributed by atoms with Gasteiger partial charge in [0.2, 0.25) is 11.8 Å². The molecule has 0 radical (unpaired) electrons. The molecule has 0 atom stereocenters. The Hall–Kier alpha value is -0.810. The third kappa shape index (κ3) is 3.68. The molecular formula is C9H15ClN2O3. The first-order chi connectivity index (χ1) is 7.17. The molecule has 15 heavy (non-hydrogen) atoms. The number of methoxy groups -OCH3 is 1. The number of hydrogen-bond acceptors (Lipinski definition) is 3. The summed E-state index contributed by atoms with van der Waals surface area (Å²) in [4.78, 5) is 23.8. The molecule has 1 fully saturated rings. The summed E-state index contributed by atoms with van der Waals surface area (Å²) in [5.74, 6) is 0.160. The molecule has 1 rings (SSSR count). The van der Waals surface area contributed by atoms with Crippen molar-refractivity contribution in [2.24, 2.45) is 5.92 Å². The summed E-state index contributed by atoms with van der Waals surface area (Å²) in [5.41, 5.74) is 0. The van der Waals surface area contributed by atoms with Crippen LogP contribution in [0.15, 0.2) is 0 Å². The topological polar surface area (TPSA) is 58.6 Å². The average molecular weight is 235 g/mol. The van der Waals surface area contributed by atoms with Gasteiger partial charge in [-0.15, -0.1) is 11.6 Å². The van der Waals surface area contributed by atoms with Crippen LogP contribution in [-0.4, -0.2) is 55.9 Å². The number of amides is 2. The highest BCUT2D eigenvalue weighted by atomic mass is 35.5. The van der Waals surface area contributed by atoms with Crippen LogP contribution in [0.1, 0.15) is 0 Å². The maximum absolute atomic E-state index is 11.3. The Morgan fingerprint density at radius 2 is 2.20 bits per heavy atom. The maximum atomic E-state index is 11.3. The molecule has 1 aliphatic heterocycles. The zero-order valence-corrected chi connectivity index (χ0v) is 9.42. The van der Waals surface area contributed by atoms with Gasteiger partial charge in [0.1, 0.15) is 12.5 Å². The Labute approximate surface area is 93.7 Å². The summed E-state index contributed by atoms with van der Waals surface area (Å²) in [6.07, 6.45) is 0. The number of carbonyl (C=O) groups excluding carboxylic acids is 2. The van der Waals surface area contributed by atoms with Crippen LogP contribution < -0.4 is 5.32 Å². The lowest BCUT2D eigenvalue weighted by Gasteiger charge is -2.39. The molecule has 0 spiro atoms. The maximum Gasteiger partial charge on any atom is 0.248 e. The first-order valence-corrected chi connectivity index (χ1v) is 5.30. The van der Waals surface area contributed by atoms with E-state index in [1.165, 1.54) is 7.11 Å². The molecule has 0 aromatic rings. The Kier molecular flexibility index (Phi) is 4.84. The van der Waals surface area contributed by atoms with Crippen molar-refractivity contribution in [1.29, 1.82) is 0 Å². The van der Waals surface area contributed by atoms with E-state index in [4.69, 9.17) is 16.3 Å². The number of nitrogens with one attached hydrogen (secondary N) is 1. The molecule has 5 nitrogen and oxygen atoms in total. The van der Waals surface area contributed by atoms with Crippen LogP contribution in [0.25, 0.3) is 0 Å². The standard InChI is InChI=1S/C9H15ClN2O3/c1-15-6-9(14)12-4-7(5-12)3-11-8(13)2-10/h7H,2-6H2,1H3,(H,11,13). The molecule has 0 aliphatic carbocycles. The summed E-state index contributed by atoms with van der Waals surface area (Å²) < 4.78 is 4.73. The van der Waals surface area contributed by atoms with Crippen molar-refractivity contribution in [3.8, 4) is 0 Å². The van der Waals surface area contributed by atoms with E-state index in [0.29, 0.717) is 25.6 Å². The number of alkyl halides is 1. The molecule has 0 aromatic carbocycles. The minimum Gasteiger partial charge on any atom is -0.375 e. The van der Waals surface area contributed by atoms with Gasteiger partial charge in [0.25, 0.3) is 0 Å². The van der Waals surface area contributed by atoms with E-state index in [1.54, 1.807) is 4.90 Å². The molecule has 0 unspecified atom stereocenters. The lowest BCUT2D eigenvalue weighted by atomic mass is 10.0. The van der Waals surface area contributed by atoms with Crippen molar-refractivity contribution in [3.63, 3.8) is 0 Å². The quantitative estimate of drug-likeness (QED) is 0.650. The highest BCUT2D eigenvalue weighted by molar-refractivity contribution is 6.27. The second kappa shape index (κ2) is 5.92. The number of rotatable bonds is 5. The van der Waals surface area contributed by atoms with Gasteiger partial charge < -0.3 is 15.0 Å². The fourth-order valence-electron chi connectivity index (χ4n) is 1.42. The van der Waals surface area contributed by atoms with E-state index in [0.717, 1.165) is 0 Å². The second-order valence-electron chi connectivity index (χ2n) is 3.54. The van der Waals surface area contributed by atoms with Crippen molar-refractivity contribution in [2.75, 3.05) is 39.2 Å². The molecule has 2 amide bonds. The molecule has 1 heterocycles. The van der Waals surface area contributed by atoms with E-state index < -0.39 is 0 Å².